The number of benzene rings is 1. The normalized spacial score (nSPS) is 18.8. The van der Waals surface area contributed by atoms with Crippen LogP contribution >= 0.6 is 0 Å². The largest absolute Gasteiger partial charge is 0.401 e. The van der Waals surface area contributed by atoms with Crippen LogP contribution in [0.25, 0.3) is 0 Å². The van der Waals surface area contributed by atoms with Crippen LogP contribution < -0.4 is 15.4 Å². The summed E-state index contributed by atoms with van der Waals surface area (Å²) in [7, 11) is -1.99. The molecule has 7 nitrogen and oxygen atoms in total. The van der Waals surface area contributed by atoms with Crippen LogP contribution in [0.15, 0.2) is 29.3 Å². The van der Waals surface area contributed by atoms with Crippen molar-refractivity contribution in [1.82, 2.24) is 20.3 Å². The SMILES string of the molecule is CCNC(=NCc1cccc(CS(=O)(=O)NC)c1)NC1CCN(CC(F)(F)F)C1. The van der Waals surface area contributed by atoms with Crippen molar-refractivity contribution in [2.45, 2.75) is 37.9 Å². The summed E-state index contributed by atoms with van der Waals surface area (Å²) in [5, 5.41) is 6.29. The summed E-state index contributed by atoms with van der Waals surface area (Å²) in [6, 6.07) is 7.03. The molecule has 0 aliphatic carbocycles. The minimum absolute atomic E-state index is 0.109. The fourth-order valence-corrected chi connectivity index (χ4v) is 3.90. The molecule has 0 amide bonds. The zero-order valence-electron chi connectivity index (χ0n) is 16.6. The van der Waals surface area contributed by atoms with E-state index in [9.17, 15) is 21.6 Å². The molecular weight excluding hydrogens is 407 g/mol. The predicted octanol–water partition coefficient (Wildman–Crippen LogP) is 1.43. The minimum atomic E-state index is -4.20. The first-order valence-corrected chi connectivity index (χ1v) is 11.1. The van der Waals surface area contributed by atoms with Gasteiger partial charge < -0.3 is 10.6 Å². The van der Waals surface area contributed by atoms with Crippen LogP contribution in [0.2, 0.25) is 0 Å². The van der Waals surface area contributed by atoms with Crippen molar-refractivity contribution in [2.75, 3.05) is 33.2 Å². The van der Waals surface area contributed by atoms with Crippen molar-refractivity contribution in [2.24, 2.45) is 4.99 Å². The number of likely N-dealkylation sites (tertiary alicyclic amines) is 1. The summed E-state index contributed by atoms with van der Waals surface area (Å²) in [5.41, 5.74) is 1.50. The zero-order valence-corrected chi connectivity index (χ0v) is 17.4. The molecule has 1 heterocycles. The van der Waals surface area contributed by atoms with E-state index < -0.39 is 22.7 Å². The molecule has 0 radical (unpaired) electrons. The third-order valence-electron chi connectivity index (χ3n) is 4.44. The van der Waals surface area contributed by atoms with Crippen LogP contribution in [0.4, 0.5) is 13.2 Å². The fourth-order valence-electron chi connectivity index (χ4n) is 3.14. The first-order chi connectivity index (χ1) is 13.6. The van der Waals surface area contributed by atoms with Gasteiger partial charge in [0.15, 0.2) is 5.96 Å². The Hall–Kier alpha value is -1.85. The molecule has 1 atom stereocenters. The van der Waals surface area contributed by atoms with E-state index in [4.69, 9.17) is 0 Å². The lowest BCUT2D eigenvalue weighted by molar-refractivity contribution is -0.143. The Morgan fingerprint density at radius 3 is 2.69 bits per heavy atom. The van der Waals surface area contributed by atoms with E-state index in [0.29, 0.717) is 44.1 Å². The van der Waals surface area contributed by atoms with Gasteiger partial charge in [-0.1, -0.05) is 24.3 Å². The maximum atomic E-state index is 12.5. The Kier molecular flexibility index (Phi) is 8.29. The van der Waals surface area contributed by atoms with Gasteiger partial charge in [0.2, 0.25) is 10.0 Å². The van der Waals surface area contributed by atoms with E-state index in [0.717, 1.165) is 5.56 Å². The maximum absolute atomic E-state index is 12.5. The molecule has 164 valence electrons. The van der Waals surface area contributed by atoms with E-state index in [1.807, 2.05) is 13.0 Å². The summed E-state index contributed by atoms with van der Waals surface area (Å²) in [5.74, 6) is 0.413. The van der Waals surface area contributed by atoms with Gasteiger partial charge in [-0.05, 0) is 31.5 Å². The highest BCUT2D eigenvalue weighted by atomic mass is 32.2. The second-order valence-electron chi connectivity index (χ2n) is 6.96. The molecule has 1 aliphatic heterocycles. The van der Waals surface area contributed by atoms with Crippen molar-refractivity contribution in [1.29, 1.82) is 0 Å². The van der Waals surface area contributed by atoms with E-state index in [2.05, 4.69) is 20.3 Å². The van der Waals surface area contributed by atoms with Crippen molar-refractivity contribution in [3.8, 4) is 0 Å². The molecule has 29 heavy (non-hydrogen) atoms. The number of aliphatic imine (C=N–C) groups is 1. The molecular formula is C18H28F3N5O2S. The van der Waals surface area contributed by atoms with E-state index >= 15 is 0 Å². The Morgan fingerprint density at radius 1 is 1.31 bits per heavy atom. The number of rotatable bonds is 8. The second-order valence-corrected chi connectivity index (χ2v) is 8.88. The summed E-state index contributed by atoms with van der Waals surface area (Å²) in [6.07, 6.45) is -3.59. The van der Waals surface area contributed by atoms with Gasteiger partial charge in [0.05, 0.1) is 18.8 Å². The third kappa shape index (κ3) is 8.58. The number of guanidine groups is 1. The average molecular weight is 436 g/mol. The molecule has 11 heteroatoms. The summed E-state index contributed by atoms with van der Waals surface area (Å²) < 4.78 is 63.3. The molecule has 3 N–H and O–H groups in total. The standard InChI is InChI=1S/C18H28F3N5O2S/c1-3-23-17(25-16-7-8-26(11-16)13-18(19,20)21)24-10-14-5-4-6-15(9-14)12-29(27,28)22-2/h4-6,9,16,22H,3,7-8,10-13H2,1-2H3,(H2,23,24,25). The molecule has 1 saturated heterocycles. The van der Waals surface area contributed by atoms with Gasteiger partial charge >= 0.3 is 6.18 Å². The van der Waals surface area contributed by atoms with E-state index in [-0.39, 0.29) is 11.8 Å². The van der Waals surface area contributed by atoms with Gasteiger partial charge in [-0.3, -0.25) is 4.90 Å². The Bertz CT molecular complexity index is 799. The van der Waals surface area contributed by atoms with Crippen molar-refractivity contribution >= 4 is 16.0 Å². The third-order valence-corrected chi connectivity index (χ3v) is 5.77. The van der Waals surface area contributed by atoms with Crippen LogP contribution in [-0.4, -0.2) is 64.7 Å². The topological polar surface area (TPSA) is 85.8 Å². The number of hydrogen-bond donors (Lipinski definition) is 3. The predicted molar refractivity (Wildman–Crippen MR) is 107 cm³/mol. The van der Waals surface area contributed by atoms with Crippen LogP contribution in [-0.2, 0) is 22.3 Å². The average Bonchev–Trinajstić information content (AvgIpc) is 3.05. The maximum Gasteiger partial charge on any atom is 0.401 e. The molecule has 2 rings (SSSR count). The molecule has 1 fully saturated rings. The van der Waals surface area contributed by atoms with Crippen molar-refractivity contribution in [3.05, 3.63) is 35.4 Å². The number of sulfonamides is 1. The Labute approximate surface area is 169 Å². The number of halogens is 3. The molecule has 0 aromatic heterocycles. The highest BCUT2D eigenvalue weighted by Crippen LogP contribution is 2.20. The van der Waals surface area contributed by atoms with Crippen LogP contribution in [0.3, 0.4) is 0 Å². The zero-order chi connectivity index (χ0) is 21.5. The lowest BCUT2D eigenvalue weighted by Crippen LogP contribution is -2.45. The van der Waals surface area contributed by atoms with E-state index in [1.54, 1.807) is 18.2 Å². The summed E-state index contributed by atoms with van der Waals surface area (Å²) >= 11 is 0. The number of hydrogen-bond acceptors (Lipinski definition) is 4. The van der Waals surface area contributed by atoms with Gasteiger partial charge in [-0.15, -0.1) is 0 Å². The molecule has 0 bridgehead atoms. The molecule has 1 aliphatic rings. The van der Waals surface area contributed by atoms with Gasteiger partial charge in [-0.2, -0.15) is 13.2 Å². The van der Waals surface area contributed by atoms with Crippen molar-refractivity contribution in [3.63, 3.8) is 0 Å². The number of nitrogens with one attached hydrogen (secondary N) is 3. The summed E-state index contributed by atoms with van der Waals surface area (Å²) in [4.78, 5) is 5.88. The van der Waals surface area contributed by atoms with E-state index in [1.165, 1.54) is 11.9 Å². The first kappa shape index (κ1) is 23.4. The van der Waals surface area contributed by atoms with Crippen LogP contribution in [0.1, 0.15) is 24.5 Å². The molecule has 1 unspecified atom stereocenters. The van der Waals surface area contributed by atoms with Gasteiger partial charge in [0, 0.05) is 25.7 Å². The molecule has 0 saturated carbocycles. The fraction of sp³-hybridized carbons (Fsp3) is 0.611. The lowest BCUT2D eigenvalue weighted by atomic mass is 10.1. The Balaban J connectivity index is 1.97. The van der Waals surface area contributed by atoms with Crippen molar-refractivity contribution < 1.29 is 21.6 Å². The molecule has 0 spiro atoms. The lowest BCUT2D eigenvalue weighted by Gasteiger charge is -2.19. The van der Waals surface area contributed by atoms with Crippen LogP contribution in [0, 0.1) is 0 Å². The number of alkyl halides is 3. The highest BCUT2D eigenvalue weighted by Gasteiger charge is 2.34. The van der Waals surface area contributed by atoms with Crippen LogP contribution in [0.5, 0.6) is 0 Å². The van der Waals surface area contributed by atoms with Gasteiger partial charge in [0.25, 0.3) is 0 Å². The first-order valence-electron chi connectivity index (χ1n) is 9.43. The number of nitrogens with zero attached hydrogens (tertiary/aromatic N) is 2. The van der Waals surface area contributed by atoms with Gasteiger partial charge in [0.1, 0.15) is 0 Å². The molecule has 1 aromatic rings. The summed E-state index contributed by atoms with van der Waals surface area (Å²) in [6.45, 7) is 2.64. The second kappa shape index (κ2) is 10.3. The van der Waals surface area contributed by atoms with Gasteiger partial charge in [-0.25, -0.2) is 18.1 Å². The quantitative estimate of drug-likeness (QED) is 0.425. The minimum Gasteiger partial charge on any atom is -0.357 e. The monoisotopic (exact) mass is 435 g/mol. The smallest absolute Gasteiger partial charge is 0.357 e. The highest BCUT2D eigenvalue weighted by molar-refractivity contribution is 7.88. The Morgan fingerprint density at radius 2 is 2.03 bits per heavy atom. The molecule has 1 aromatic carbocycles.